The lowest BCUT2D eigenvalue weighted by Crippen LogP contribution is -2.23. The largest absolute Gasteiger partial charge is 0.361 e. The maximum Gasteiger partial charge on any atom is 0.138 e. The molecule has 0 radical (unpaired) electrons. The van der Waals surface area contributed by atoms with Crippen LogP contribution in [0.15, 0.2) is 10.6 Å². The van der Waals surface area contributed by atoms with E-state index >= 15 is 0 Å². The Balaban J connectivity index is 1.77. The van der Waals surface area contributed by atoms with Crippen LogP contribution in [-0.2, 0) is 6.54 Å². The Labute approximate surface area is 114 Å². The molecule has 1 aliphatic heterocycles. The van der Waals surface area contributed by atoms with Crippen LogP contribution in [0, 0.1) is 6.92 Å². The molecule has 0 aliphatic carbocycles. The monoisotopic (exact) mass is 284 g/mol. The van der Waals surface area contributed by atoms with Gasteiger partial charge in [0.15, 0.2) is 0 Å². The number of rotatable bonds is 3. The highest BCUT2D eigenvalue weighted by Crippen LogP contribution is 2.33. The van der Waals surface area contributed by atoms with Gasteiger partial charge in [0.2, 0.25) is 0 Å². The molecular weight excluding hydrogens is 272 g/mol. The second-order valence-electron chi connectivity index (χ2n) is 4.48. The van der Waals surface area contributed by atoms with Gasteiger partial charge in [-0.05, 0) is 26.3 Å². The maximum atomic E-state index is 6.05. The van der Waals surface area contributed by atoms with Crippen molar-refractivity contribution in [2.75, 3.05) is 6.54 Å². The summed E-state index contributed by atoms with van der Waals surface area (Å²) in [6, 6.07) is 2.31. The summed E-state index contributed by atoms with van der Waals surface area (Å²) in [6.45, 7) is 3.67. The molecule has 1 unspecified atom stereocenters. The van der Waals surface area contributed by atoms with Gasteiger partial charge in [-0.15, -0.1) is 5.10 Å². The Bertz CT molecular complexity index is 541. The third-order valence-electron chi connectivity index (χ3n) is 3.21. The molecule has 1 aliphatic rings. The summed E-state index contributed by atoms with van der Waals surface area (Å²) in [7, 11) is 0. The molecule has 96 valence electrons. The van der Waals surface area contributed by atoms with Gasteiger partial charge in [-0.2, -0.15) is 0 Å². The summed E-state index contributed by atoms with van der Waals surface area (Å²) in [6.07, 6.45) is 2.26. The SMILES string of the molecule is Cc1cc(C2CCCN2Cc2nnsc2Cl)no1. The van der Waals surface area contributed by atoms with Crippen molar-refractivity contribution in [3.63, 3.8) is 0 Å². The van der Waals surface area contributed by atoms with Crippen molar-refractivity contribution < 1.29 is 4.52 Å². The first-order chi connectivity index (χ1) is 8.74. The molecule has 2 aromatic heterocycles. The molecule has 0 bridgehead atoms. The Kier molecular flexibility index (Phi) is 3.32. The van der Waals surface area contributed by atoms with Crippen LogP contribution in [0.1, 0.15) is 36.0 Å². The van der Waals surface area contributed by atoms with Gasteiger partial charge in [0.25, 0.3) is 0 Å². The number of aromatic nitrogens is 3. The summed E-state index contributed by atoms with van der Waals surface area (Å²) in [5, 5.41) is 8.18. The van der Waals surface area contributed by atoms with Crippen molar-refractivity contribution in [2.24, 2.45) is 0 Å². The topological polar surface area (TPSA) is 55.1 Å². The van der Waals surface area contributed by atoms with Crippen molar-refractivity contribution >= 4 is 23.1 Å². The first kappa shape index (κ1) is 12.1. The van der Waals surface area contributed by atoms with Crippen LogP contribution < -0.4 is 0 Å². The molecule has 3 heterocycles. The Morgan fingerprint density at radius 1 is 1.61 bits per heavy atom. The van der Waals surface area contributed by atoms with E-state index in [2.05, 4.69) is 19.6 Å². The zero-order valence-corrected chi connectivity index (χ0v) is 11.5. The fraction of sp³-hybridized carbons (Fsp3) is 0.545. The van der Waals surface area contributed by atoms with Gasteiger partial charge in [0.05, 0.1) is 6.04 Å². The molecule has 3 rings (SSSR count). The zero-order chi connectivity index (χ0) is 12.5. The molecule has 0 amide bonds. The van der Waals surface area contributed by atoms with Crippen molar-refractivity contribution in [3.8, 4) is 0 Å². The van der Waals surface area contributed by atoms with Crippen molar-refractivity contribution in [1.82, 2.24) is 19.6 Å². The van der Waals surface area contributed by atoms with E-state index in [1.54, 1.807) is 0 Å². The number of aryl methyl sites for hydroxylation is 1. The van der Waals surface area contributed by atoms with E-state index < -0.39 is 0 Å². The first-order valence-corrected chi connectivity index (χ1v) is 7.03. The Morgan fingerprint density at radius 2 is 2.50 bits per heavy atom. The molecule has 2 aromatic rings. The van der Waals surface area contributed by atoms with Crippen LogP contribution >= 0.6 is 23.1 Å². The molecule has 1 saturated heterocycles. The van der Waals surface area contributed by atoms with Crippen molar-refractivity contribution in [1.29, 1.82) is 0 Å². The molecule has 0 N–H and O–H groups in total. The highest BCUT2D eigenvalue weighted by molar-refractivity contribution is 7.10. The summed E-state index contributed by atoms with van der Waals surface area (Å²) >= 11 is 7.28. The van der Waals surface area contributed by atoms with Crippen LogP contribution in [0.2, 0.25) is 4.34 Å². The number of hydrogen-bond donors (Lipinski definition) is 0. The molecule has 1 fully saturated rings. The van der Waals surface area contributed by atoms with Crippen LogP contribution in [0.3, 0.4) is 0 Å². The quantitative estimate of drug-likeness (QED) is 0.867. The van der Waals surface area contributed by atoms with Gasteiger partial charge in [-0.25, -0.2) is 0 Å². The summed E-state index contributed by atoms with van der Waals surface area (Å²) in [4.78, 5) is 2.33. The van der Waals surface area contributed by atoms with E-state index in [1.807, 2.05) is 13.0 Å². The van der Waals surface area contributed by atoms with Gasteiger partial charge >= 0.3 is 0 Å². The zero-order valence-electron chi connectivity index (χ0n) is 9.97. The van der Waals surface area contributed by atoms with E-state index in [4.69, 9.17) is 16.1 Å². The summed E-state index contributed by atoms with van der Waals surface area (Å²) in [5.41, 5.74) is 1.86. The van der Waals surface area contributed by atoms with E-state index in [1.165, 1.54) is 11.5 Å². The number of likely N-dealkylation sites (tertiary alicyclic amines) is 1. The minimum absolute atomic E-state index is 0.306. The lowest BCUT2D eigenvalue weighted by atomic mass is 10.1. The third-order valence-corrected chi connectivity index (χ3v) is 4.20. The van der Waals surface area contributed by atoms with Crippen LogP contribution in [0.25, 0.3) is 0 Å². The number of hydrogen-bond acceptors (Lipinski definition) is 6. The Morgan fingerprint density at radius 3 is 3.17 bits per heavy atom. The van der Waals surface area contributed by atoms with Gasteiger partial charge in [-0.3, -0.25) is 4.90 Å². The fourth-order valence-electron chi connectivity index (χ4n) is 2.38. The summed E-state index contributed by atoms with van der Waals surface area (Å²) in [5.74, 6) is 0.852. The normalized spacial score (nSPS) is 20.7. The second kappa shape index (κ2) is 4.95. The van der Waals surface area contributed by atoms with Crippen LogP contribution in [0.5, 0.6) is 0 Å². The fourth-order valence-corrected chi connectivity index (χ4v) is 2.99. The average Bonchev–Trinajstić information content (AvgIpc) is 3.03. The highest BCUT2D eigenvalue weighted by atomic mass is 35.5. The highest BCUT2D eigenvalue weighted by Gasteiger charge is 2.29. The molecule has 1 atom stereocenters. The number of nitrogens with zero attached hydrogens (tertiary/aromatic N) is 4. The molecular formula is C11H13ClN4OS. The van der Waals surface area contributed by atoms with Gasteiger partial charge in [-0.1, -0.05) is 21.2 Å². The average molecular weight is 285 g/mol. The molecule has 18 heavy (non-hydrogen) atoms. The van der Waals surface area contributed by atoms with Crippen molar-refractivity contribution in [2.45, 2.75) is 32.4 Å². The predicted molar refractivity (Wildman–Crippen MR) is 68.5 cm³/mol. The third kappa shape index (κ3) is 2.28. The first-order valence-electron chi connectivity index (χ1n) is 5.88. The number of halogens is 1. The van der Waals surface area contributed by atoms with Crippen LogP contribution in [0.4, 0.5) is 0 Å². The van der Waals surface area contributed by atoms with Gasteiger partial charge < -0.3 is 4.52 Å². The van der Waals surface area contributed by atoms with Crippen LogP contribution in [-0.4, -0.2) is 26.2 Å². The minimum atomic E-state index is 0.306. The lowest BCUT2D eigenvalue weighted by Gasteiger charge is -2.21. The van der Waals surface area contributed by atoms with E-state index in [9.17, 15) is 0 Å². The minimum Gasteiger partial charge on any atom is -0.361 e. The Hall–Kier alpha value is -0.980. The standard InChI is InChI=1S/C11H13ClN4OS/c1-7-5-8(14-17-7)10-3-2-4-16(10)6-9-11(12)18-15-13-9/h5,10H,2-4,6H2,1H3. The molecule has 0 spiro atoms. The van der Waals surface area contributed by atoms with Gasteiger partial charge in [0, 0.05) is 24.1 Å². The predicted octanol–water partition coefficient (Wildman–Crippen LogP) is 2.83. The maximum absolute atomic E-state index is 6.05. The molecule has 0 aromatic carbocycles. The van der Waals surface area contributed by atoms with E-state index in [0.717, 1.165) is 43.1 Å². The van der Waals surface area contributed by atoms with E-state index in [0.29, 0.717) is 10.4 Å². The molecule has 5 nitrogen and oxygen atoms in total. The summed E-state index contributed by atoms with van der Waals surface area (Å²) < 4.78 is 9.70. The second-order valence-corrected chi connectivity index (χ2v) is 5.84. The molecule has 0 saturated carbocycles. The molecule has 7 heteroatoms. The van der Waals surface area contributed by atoms with E-state index in [-0.39, 0.29) is 0 Å². The van der Waals surface area contributed by atoms with Gasteiger partial charge in [0.1, 0.15) is 21.5 Å². The lowest BCUT2D eigenvalue weighted by molar-refractivity contribution is 0.234. The smallest absolute Gasteiger partial charge is 0.138 e. The van der Waals surface area contributed by atoms with Crippen molar-refractivity contribution in [3.05, 3.63) is 27.6 Å².